The molecule has 1 N–H and O–H groups in total. The molecule has 1 heterocycles. The van der Waals surface area contributed by atoms with E-state index in [1.807, 2.05) is 0 Å². The van der Waals surface area contributed by atoms with E-state index in [1.165, 1.54) is 36.0 Å². The average Bonchev–Trinajstić information content (AvgIpc) is 3.02. The molecule has 2 aliphatic rings. The summed E-state index contributed by atoms with van der Waals surface area (Å²) in [5.74, 6) is 0.759. The van der Waals surface area contributed by atoms with Gasteiger partial charge in [-0.05, 0) is 55.0 Å². The van der Waals surface area contributed by atoms with Crippen LogP contribution in [0.3, 0.4) is 0 Å². The number of nitrogens with zero attached hydrogens (tertiary/aromatic N) is 2. The molecule has 1 unspecified atom stereocenters. The van der Waals surface area contributed by atoms with Crippen molar-refractivity contribution in [1.82, 2.24) is 4.90 Å². The SMILES string of the molecule is O/N=C1\Cc2ccccc2C1N1CCC(Cc2ccccc2)CC1. The summed E-state index contributed by atoms with van der Waals surface area (Å²) in [5, 5.41) is 13.1. The predicted octanol–water partition coefficient (Wildman–Crippen LogP) is 4.07. The molecule has 1 saturated heterocycles. The highest BCUT2D eigenvalue weighted by Gasteiger charge is 2.35. The smallest absolute Gasteiger partial charge is 0.0831 e. The van der Waals surface area contributed by atoms with Crippen LogP contribution in [0.4, 0.5) is 0 Å². The first-order valence-corrected chi connectivity index (χ1v) is 8.92. The third kappa shape index (κ3) is 2.96. The Bertz CT molecular complexity index is 718. The van der Waals surface area contributed by atoms with Crippen LogP contribution < -0.4 is 0 Å². The molecule has 0 radical (unpaired) electrons. The number of hydrogen-bond donors (Lipinski definition) is 1. The third-order valence-corrected chi connectivity index (χ3v) is 5.55. The van der Waals surface area contributed by atoms with E-state index in [-0.39, 0.29) is 6.04 Å². The molecule has 124 valence electrons. The maximum atomic E-state index is 9.45. The Labute approximate surface area is 143 Å². The van der Waals surface area contributed by atoms with Gasteiger partial charge in [-0.3, -0.25) is 4.90 Å². The van der Waals surface area contributed by atoms with E-state index >= 15 is 0 Å². The molecule has 1 fully saturated rings. The van der Waals surface area contributed by atoms with Crippen molar-refractivity contribution >= 4 is 5.71 Å². The van der Waals surface area contributed by atoms with Gasteiger partial charge in [0.15, 0.2) is 0 Å². The summed E-state index contributed by atoms with van der Waals surface area (Å²) in [6, 6.07) is 19.5. The number of oxime groups is 1. The van der Waals surface area contributed by atoms with Gasteiger partial charge in [-0.1, -0.05) is 59.8 Å². The minimum absolute atomic E-state index is 0.170. The second kappa shape index (κ2) is 6.78. The highest BCUT2D eigenvalue weighted by molar-refractivity contribution is 5.96. The van der Waals surface area contributed by atoms with E-state index in [2.05, 4.69) is 64.7 Å². The second-order valence-electron chi connectivity index (χ2n) is 7.04. The van der Waals surface area contributed by atoms with Gasteiger partial charge >= 0.3 is 0 Å². The maximum absolute atomic E-state index is 9.45. The standard InChI is InChI=1S/C21H24N2O/c24-22-20-15-18-8-4-5-9-19(18)21(20)23-12-10-17(11-13-23)14-16-6-2-1-3-7-16/h1-9,17,21,24H,10-15H2/b22-20+. The lowest BCUT2D eigenvalue weighted by molar-refractivity contribution is 0.161. The molecule has 2 aromatic rings. The van der Waals surface area contributed by atoms with Crippen LogP contribution in [0.25, 0.3) is 0 Å². The van der Waals surface area contributed by atoms with Crippen molar-refractivity contribution in [2.75, 3.05) is 13.1 Å². The molecule has 1 atom stereocenters. The first-order chi connectivity index (χ1) is 11.8. The van der Waals surface area contributed by atoms with Crippen molar-refractivity contribution in [3.8, 4) is 0 Å². The first kappa shape index (κ1) is 15.4. The molecule has 4 rings (SSSR count). The molecule has 0 spiro atoms. The van der Waals surface area contributed by atoms with Crippen molar-refractivity contribution in [2.24, 2.45) is 11.1 Å². The lowest BCUT2D eigenvalue weighted by atomic mass is 9.89. The van der Waals surface area contributed by atoms with Crippen molar-refractivity contribution in [3.63, 3.8) is 0 Å². The van der Waals surface area contributed by atoms with Crippen molar-refractivity contribution in [1.29, 1.82) is 0 Å². The van der Waals surface area contributed by atoms with E-state index in [9.17, 15) is 5.21 Å². The van der Waals surface area contributed by atoms with E-state index in [4.69, 9.17) is 0 Å². The normalized spacial score (nSPS) is 23.5. The van der Waals surface area contributed by atoms with Gasteiger partial charge in [0.25, 0.3) is 0 Å². The van der Waals surface area contributed by atoms with Gasteiger partial charge < -0.3 is 5.21 Å². The fourth-order valence-corrected chi connectivity index (χ4v) is 4.29. The minimum Gasteiger partial charge on any atom is -0.411 e. The number of hydrogen-bond acceptors (Lipinski definition) is 3. The number of benzene rings is 2. The molecule has 0 aromatic heterocycles. The summed E-state index contributed by atoms with van der Waals surface area (Å²) in [6.07, 6.45) is 4.39. The zero-order valence-electron chi connectivity index (χ0n) is 13.9. The van der Waals surface area contributed by atoms with Crippen molar-refractivity contribution in [3.05, 3.63) is 71.3 Å². The predicted molar refractivity (Wildman–Crippen MR) is 96.6 cm³/mol. The van der Waals surface area contributed by atoms with E-state index in [0.29, 0.717) is 0 Å². The second-order valence-corrected chi connectivity index (χ2v) is 7.04. The van der Waals surface area contributed by atoms with Gasteiger partial charge in [-0.2, -0.15) is 0 Å². The Kier molecular flexibility index (Phi) is 4.35. The monoisotopic (exact) mass is 320 g/mol. The molecular formula is C21H24N2O. The molecule has 0 bridgehead atoms. The topological polar surface area (TPSA) is 35.8 Å². The van der Waals surface area contributed by atoms with Gasteiger partial charge in [-0.25, -0.2) is 0 Å². The lowest BCUT2D eigenvalue weighted by Gasteiger charge is -2.36. The molecule has 1 aliphatic heterocycles. The minimum atomic E-state index is 0.170. The Morgan fingerprint density at radius 2 is 1.67 bits per heavy atom. The molecule has 3 heteroatoms. The zero-order valence-corrected chi connectivity index (χ0v) is 13.9. The quantitative estimate of drug-likeness (QED) is 0.683. The number of fused-ring (bicyclic) bond motifs is 1. The van der Waals surface area contributed by atoms with Crippen molar-refractivity contribution < 1.29 is 5.21 Å². The Morgan fingerprint density at radius 1 is 0.958 bits per heavy atom. The molecular weight excluding hydrogens is 296 g/mol. The van der Waals surface area contributed by atoms with Crippen LogP contribution in [0.1, 0.15) is 35.6 Å². The molecule has 24 heavy (non-hydrogen) atoms. The van der Waals surface area contributed by atoms with Gasteiger partial charge in [0.1, 0.15) is 0 Å². The highest BCUT2D eigenvalue weighted by atomic mass is 16.4. The Morgan fingerprint density at radius 3 is 2.42 bits per heavy atom. The molecule has 0 amide bonds. The Hall–Kier alpha value is -2.13. The fourth-order valence-electron chi connectivity index (χ4n) is 4.29. The number of likely N-dealkylation sites (tertiary alicyclic amines) is 1. The molecule has 3 nitrogen and oxygen atoms in total. The van der Waals surface area contributed by atoms with Crippen LogP contribution in [0.5, 0.6) is 0 Å². The van der Waals surface area contributed by atoms with Gasteiger partial charge in [-0.15, -0.1) is 0 Å². The number of piperidine rings is 1. The maximum Gasteiger partial charge on any atom is 0.0831 e. The highest BCUT2D eigenvalue weighted by Crippen LogP contribution is 2.36. The van der Waals surface area contributed by atoms with E-state index < -0.39 is 0 Å². The fraction of sp³-hybridized carbons (Fsp3) is 0.381. The van der Waals surface area contributed by atoms with Gasteiger partial charge in [0.05, 0.1) is 11.8 Å². The molecule has 2 aromatic carbocycles. The summed E-state index contributed by atoms with van der Waals surface area (Å²) in [4.78, 5) is 2.50. The van der Waals surface area contributed by atoms with Crippen LogP contribution in [0, 0.1) is 5.92 Å². The van der Waals surface area contributed by atoms with Crippen LogP contribution in [-0.2, 0) is 12.8 Å². The summed E-state index contributed by atoms with van der Waals surface area (Å²) < 4.78 is 0. The van der Waals surface area contributed by atoms with Crippen LogP contribution in [0.2, 0.25) is 0 Å². The average molecular weight is 320 g/mol. The zero-order chi connectivity index (χ0) is 16.4. The van der Waals surface area contributed by atoms with E-state index in [1.54, 1.807) is 0 Å². The van der Waals surface area contributed by atoms with Crippen LogP contribution in [-0.4, -0.2) is 28.9 Å². The molecule has 0 saturated carbocycles. The first-order valence-electron chi connectivity index (χ1n) is 8.92. The summed E-state index contributed by atoms with van der Waals surface area (Å²) in [6.45, 7) is 2.16. The van der Waals surface area contributed by atoms with Crippen LogP contribution in [0.15, 0.2) is 59.8 Å². The Balaban J connectivity index is 1.44. The van der Waals surface area contributed by atoms with Gasteiger partial charge in [0, 0.05) is 6.42 Å². The largest absolute Gasteiger partial charge is 0.411 e. The number of rotatable bonds is 3. The summed E-state index contributed by atoms with van der Waals surface area (Å²) >= 11 is 0. The lowest BCUT2D eigenvalue weighted by Crippen LogP contribution is -2.39. The van der Waals surface area contributed by atoms with Crippen LogP contribution >= 0.6 is 0 Å². The summed E-state index contributed by atoms with van der Waals surface area (Å²) in [7, 11) is 0. The van der Waals surface area contributed by atoms with Crippen molar-refractivity contribution in [2.45, 2.75) is 31.7 Å². The third-order valence-electron chi connectivity index (χ3n) is 5.55. The van der Waals surface area contributed by atoms with Gasteiger partial charge in [0.2, 0.25) is 0 Å². The van der Waals surface area contributed by atoms with E-state index in [0.717, 1.165) is 31.1 Å². The molecule has 1 aliphatic carbocycles. The summed E-state index contributed by atoms with van der Waals surface area (Å²) in [5.41, 5.74) is 4.98.